The summed E-state index contributed by atoms with van der Waals surface area (Å²) < 4.78 is 0. The van der Waals surface area contributed by atoms with E-state index in [9.17, 15) is 0 Å². The Balaban J connectivity index is 0. The van der Waals surface area contributed by atoms with Gasteiger partial charge in [0.2, 0.25) is 0 Å². The Hall–Kier alpha value is 1.03. The summed E-state index contributed by atoms with van der Waals surface area (Å²) in [5.74, 6) is 0. The molecule has 4 heteroatoms. The van der Waals surface area contributed by atoms with Gasteiger partial charge in [0.05, 0.1) is 0 Å². The smallest absolute Gasteiger partial charge is 1.00 e. The van der Waals surface area contributed by atoms with Gasteiger partial charge < -0.3 is 24.8 Å². The number of unbranched alkanes of at least 4 members (excludes halogenated alkanes) is 1. The van der Waals surface area contributed by atoms with Crippen molar-refractivity contribution in [2.45, 2.75) is 31.4 Å². The quantitative estimate of drug-likeness (QED) is 0.556. The van der Waals surface area contributed by atoms with Crippen LogP contribution in [0.5, 0.6) is 0 Å². The summed E-state index contributed by atoms with van der Waals surface area (Å²) in [6.45, 7) is 2.26. The van der Waals surface area contributed by atoms with Crippen molar-refractivity contribution in [2.75, 3.05) is 0 Å². The number of rotatable bonds is 3. The first kappa shape index (κ1) is 18.4. The topological polar surface area (TPSA) is 0 Å². The van der Waals surface area contributed by atoms with E-state index in [0.29, 0.717) is 0 Å². The molecule has 0 aromatic rings. The summed E-state index contributed by atoms with van der Waals surface area (Å²) in [6, 6.07) is 0. The van der Waals surface area contributed by atoms with Gasteiger partial charge in [0.25, 0.3) is 0 Å². The second kappa shape index (κ2) is 9.10. The third kappa shape index (κ3) is 4.81. The molecule has 0 aromatic heterocycles. The molecule has 0 fully saturated rings. The molecule has 1 unspecified atom stereocenters. The first-order valence-electron chi connectivity index (χ1n) is 4.67. The fraction of sp³-hybridized carbons (Fsp3) is 0.455. The van der Waals surface area contributed by atoms with Crippen LogP contribution in [0, 0.1) is 0 Å². The van der Waals surface area contributed by atoms with Crippen LogP contribution in [0.25, 0.3) is 0 Å². The second-order valence-electron chi connectivity index (χ2n) is 3.31. The van der Waals surface area contributed by atoms with Gasteiger partial charge in [-0.1, -0.05) is 38.0 Å². The monoisotopic (exact) mass is 338 g/mol. The molecule has 0 nitrogen and oxygen atoms in total. The summed E-state index contributed by atoms with van der Waals surface area (Å²) in [5, 5.41) is 0.760. The molecule has 15 heavy (non-hydrogen) atoms. The summed E-state index contributed by atoms with van der Waals surface area (Å²) in [7, 11) is 0. The fourth-order valence-corrected chi connectivity index (χ4v) is 2.86. The Kier molecular flexibility index (Phi) is 11.2. The zero-order valence-corrected chi connectivity index (χ0v) is 13.5. The molecule has 1 heterocycles. The van der Waals surface area contributed by atoms with Gasteiger partial charge in [-0.15, -0.1) is 11.8 Å². The number of allylic oxidation sites excluding steroid dienone is 4. The van der Waals surface area contributed by atoms with Crippen molar-refractivity contribution in [3.63, 3.8) is 0 Å². The van der Waals surface area contributed by atoms with E-state index in [1.165, 1.54) is 29.7 Å². The molecule has 2 aliphatic rings. The average molecular weight is 340 g/mol. The molecule has 2 rings (SSSR count). The van der Waals surface area contributed by atoms with Crippen molar-refractivity contribution in [1.82, 2.24) is 0 Å². The molecule has 0 radical (unpaired) electrons. The molecule has 82 valence electrons. The van der Waals surface area contributed by atoms with Gasteiger partial charge in [0.1, 0.15) is 0 Å². The molecular weight excluding hydrogens is 326 g/mol. The minimum absolute atomic E-state index is 0. The van der Waals surface area contributed by atoms with Crippen molar-refractivity contribution in [3.8, 4) is 0 Å². The van der Waals surface area contributed by atoms with Crippen LogP contribution in [-0.4, -0.2) is 5.25 Å². The van der Waals surface area contributed by atoms with Crippen LogP contribution in [0.2, 0.25) is 0 Å². The van der Waals surface area contributed by atoms with E-state index in [4.69, 9.17) is 0 Å². The van der Waals surface area contributed by atoms with Crippen molar-refractivity contribution in [2.24, 2.45) is 0 Å². The largest absolute Gasteiger partial charge is 2.00 e. The zero-order chi connectivity index (χ0) is 8.39. The Morgan fingerprint density at radius 1 is 1.33 bits per heavy atom. The number of fused-ring (bicyclic) bond motifs is 1. The maximum atomic E-state index is 2.41. The summed E-state index contributed by atoms with van der Waals surface area (Å²) >= 11 is 2.03. The van der Waals surface area contributed by atoms with E-state index in [1.54, 1.807) is 0 Å². The first-order chi connectivity index (χ1) is 5.90. The zero-order valence-electron chi connectivity index (χ0n) is 8.67. The minimum atomic E-state index is 0. The molecule has 0 bridgehead atoms. The number of thioether (sulfide) groups is 1. The average Bonchev–Trinajstić information content (AvgIpc) is 2.58. The van der Waals surface area contributed by atoms with Gasteiger partial charge in [0, 0.05) is 10.2 Å². The SMILES string of the molecule is CCCCC1C=C2C=CC=C2S1.[Cl-].[Cl-].[Zr+2]. The number of halogens is 2. The van der Waals surface area contributed by atoms with Crippen LogP contribution in [0.3, 0.4) is 0 Å². The third-order valence-electron chi connectivity index (χ3n) is 2.29. The first-order valence-corrected chi connectivity index (χ1v) is 5.55. The molecular formula is C11H14Cl2SZr. The van der Waals surface area contributed by atoms with Gasteiger partial charge in [0.15, 0.2) is 0 Å². The van der Waals surface area contributed by atoms with Crippen molar-refractivity contribution >= 4 is 11.8 Å². The second-order valence-corrected chi connectivity index (χ2v) is 4.59. The van der Waals surface area contributed by atoms with Gasteiger partial charge in [-0.2, -0.15) is 0 Å². The molecule has 0 spiro atoms. The van der Waals surface area contributed by atoms with Gasteiger partial charge in [-0.3, -0.25) is 0 Å². The maximum absolute atomic E-state index is 2.41. The van der Waals surface area contributed by atoms with Crippen LogP contribution in [-0.2, 0) is 26.2 Å². The molecule has 0 N–H and O–H groups in total. The molecule has 0 saturated carbocycles. The van der Waals surface area contributed by atoms with Gasteiger partial charge >= 0.3 is 26.2 Å². The fourth-order valence-electron chi connectivity index (χ4n) is 1.61. The van der Waals surface area contributed by atoms with E-state index in [1.807, 2.05) is 11.8 Å². The molecule has 1 aliphatic carbocycles. The van der Waals surface area contributed by atoms with Crippen LogP contribution < -0.4 is 24.8 Å². The molecule has 1 atom stereocenters. The van der Waals surface area contributed by atoms with Crippen LogP contribution >= 0.6 is 11.8 Å². The number of hydrogen-bond donors (Lipinski definition) is 0. The van der Waals surface area contributed by atoms with Crippen LogP contribution in [0.4, 0.5) is 0 Å². The normalized spacial score (nSPS) is 20.5. The predicted octanol–water partition coefficient (Wildman–Crippen LogP) is -2.32. The summed E-state index contributed by atoms with van der Waals surface area (Å²) in [4.78, 5) is 1.48. The van der Waals surface area contributed by atoms with E-state index >= 15 is 0 Å². The van der Waals surface area contributed by atoms with Crippen molar-refractivity contribution in [3.05, 3.63) is 34.8 Å². The molecule has 0 saturated heterocycles. The summed E-state index contributed by atoms with van der Waals surface area (Å²) in [5.41, 5.74) is 1.46. The number of hydrogen-bond acceptors (Lipinski definition) is 1. The van der Waals surface area contributed by atoms with E-state index in [0.717, 1.165) is 5.25 Å². The van der Waals surface area contributed by atoms with E-state index < -0.39 is 0 Å². The van der Waals surface area contributed by atoms with Gasteiger partial charge in [-0.05, 0) is 18.1 Å². The Morgan fingerprint density at radius 3 is 2.67 bits per heavy atom. The van der Waals surface area contributed by atoms with Gasteiger partial charge in [-0.25, -0.2) is 0 Å². The Bertz CT molecular complexity index is 272. The Morgan fingerprint density at radius 2 is 2.07 bits per heavy atom. The summed E-state index contributed by atoms with van der Waals surface area (Å²) in [6.07, 6.45) is 13.0. The molecule has 1 aliphatic heterocycles. The third-order valence-corrected chi connectivity index (χ3v) is 3.59. The Labute approximate surface area is 128 Å². The van der Waals surface area contributed by atoms with Crippen molar-refractivity contribution < 1.29 is 51.0 Å². The molecule has 0 amide bonds. The van der Waals surface area contributed by atoms with E-state index in [2.05, 4.69) is 31.2 Å². The van der Waals surface area contributed by atoms with Crippen LogP contribution in [0.1, 0.15) is 26.2 Å². The minimum Gasteiger partial charge on any atom is -1.00 e. The predicted molar refractivity (Wildman–Crippen MR) is 56.2 cm³/mol. The molecule has 0 aromatic carbocycles. The standard InChI is InChI=1S/C11H14S.2ClH.Zr/c1-2-3-6-10-8-9-5-4-7-11(9)12-10;;;/h4-5,7-8,10H,2-3,6H2,1H3;2*1H;/q;;;+2/p-2. The van der Waals surface area contributed by atoms with Crippen LogP contribution in [0.15, 0.2) is 34.8 Å². The maximum Gasteiger partial charge on any atom is 2.00 e. The van der Waals surface area contributed by atoms with E-state index in [-0.39, 0.29) is 51.0 Å². The van der Waals surface area contributed by atoms with Crippen molar-refractivity contribution in [1.29, 1.82) is 0 Å².